The normalized spacial score (nSPS) is 22.1. The molecule has 0 atom stereocenters. The van der Waals surface area contributed by atoms with Crippen LogP contribution in [0.15, 0.2) is 23.1 Å². The molecule has 0 radical (unpaired) electrons. The Morgan fingerprint density at radius 1 is 1.48 bits per heavy atom. The highest BCUT2D eigenvalue weighted by atomic mass is 32.2. The molecule has 1 aromatic carbocycles. The van der Waals surface area contributed by atoms with Crippen molar-refractivity contribution < 1.29 is 22.8 Å². The molecular weight excluding hydrogens is 303 g/mol. The number of rotatable bonds is 5. The maximum atomic E-state index is 13.7. The second-order valence-corrected chi connectivity index (χ2v) is 7.16. The van der Waals surface area contributed by atoms with E-state index < -0.39 is 37.5 Å². The van der Waals surface area contributed by atoms with Crippen LogP contribution in [0.3, 0.4) is 0 Å². The lowest BCUT2D eigenvalue weighted by Gasteiger charge is -2.34. The van der Waals surface area contributed by atoms with Gasteiger partial charge in [0.2, 0.25) is 10.0 Å². The fourth-order valence-corrected chi connectivity index (χ4v) is 3.61. The fourth-order valence-electron chi connectivity index (χ4n) is 2.28. The van der Waals surface area contributed by atoms with Crippen molar-refractivity contribution in [1.29, 1.82) is 0 Å². The van der Waals surface area contributed by atoms with E-state index in [0.29, 0.717) is 12.8 Å². The Morgan fingerprint density at radius 3 is 2.62 bits per heavy atom. The van der Waals surface area contributed by atoms with Gasteiger partial charge in [0.25, 0.3) is 5.69 Å². The van der Waals surface area contributed by atoms with Crippen LogP contribution in [-0.2, 0) is 10.0 Å². The predicted octanol–water partition coefficient (Wildman–Crippen LogP) is 1.13. The van der Waals surface area contributed by atoms with Crippen LogP contribution >= 0.6 is 0 Å². The summed E-state index contributed by atoms with van der Waals surface area (Å²) < 4.78 is 39.3. The third-order valence-electron chi connectivity index (χ3n) is 3.54. The largest absolute Gasteiger partial charge is 0.393 e. The fraction of sp³-hybridized carbons (Fsp3) is 0.500. The van der Waals surface area contributed by atoms with Crippen LogP contribution in [0.25, 0.3) is 0 Å². The zero-order chi connectivity index (χ0) is 15.8. The second kappa shape index (κ2) is 5.66. The summed E-state index contributed by atoms with van der Waals surface area (Å²) in [7, 11) is -2.85. The first-order chi connectivity index (χ1) is 9.71. The number of nitro benzene ring substituents is 1. The minimum Gasteiger partial charge on any atom is -0.393 e. The van der Waals surface area contributed by atoms with Crippen LogP contribution < -0.4 is 0 Å². The topological polar surface area (TPSA) is 101 Å². The summed E-state index contributed by atoms with van der Waals surface area (Å²) in [5.74, 6) is -1.01. The summed E-state index contributed by atoms with van der Waals surface area (Å²) in [4.78, 5) is 9.19. The van der Waals surface area contributed by atoms with Gasteiger partial charge in [0.05, 0.1) is 11.0 Å². The highest BCUT2D eigenvalue weighted by molar-refractivity contribution is 7.89. The van der Waals surface area contributed by atoms with Crippen LogP contribution in [0.1, 0.15) is 12.8 Å². The first kappa shape index (κ1) is 15.8. The zero-order valence-electron chi connectivity index (χ0n) is 11.3. The van der Waals surface area contributed by atoms with Gasteiger partial charge in [0.1, 0.15) is 10.7 Å². The number of hydrogen-bond acceptors (Lipinski definition) is 5. The van der Waals surface area contributed by atoms with Gasteiger partial charge in [-0.2, -0.15) is 0 Å². The summed E-state index contributed by atoms with van der Waals surface area (Å²) in [6.07, 6.45) is 0.579. The second-order valence-electron chi connectivity index (χ2n) is 5.15. The molecule has 0 aliphatic heterocycles. The predicted molar refractivity (Wildman–Crippen MR) is 71.6 cm³/mol. The molecule has 0 aromatic heterocycles. The molecule has 1 aliphatic rings. The van der Waals surface area contributed by atoms with E-state index in [1.807, 2.05) is 0 Å². The highest BCUT2D eigenvalue weighted by Gasteiger charge is 2.33. The number of aliphatic hydroxyl groups is 1. The zero-order valence-corrected chi connectivity index (χ0v) is 12.1. The summed E-state index contributed by atoms with van der Waals surface area (Å²) >= 11 is 0. The van der Waals surface area contributed by atoms with Gasteiger partial charge in [-0.15, -0.1) is 0 Å². The first-order valence-corrected chi connectivity index (χ1v) is 7.74. The maximum Gasteiger partial charge on any atom is 0.270 e. The van der Waals surface area contributed by atoms with Gasteiger partial charge in [-0.3, -0.25) is 10.1 Å². The molecule has 2 rings (SSSR count). The van der Waals surface area contributed by atoms with Gasteiger partial charge in [0.15, 0.2) is 0 Å². The third kappa shape index (κ3) is 3.20. The van der Waals surface area contributed by atoms with E-state index in [1.165, 1.54) is 7.05 Å². The van der Waals surface area contributed by atoms with Crippen LogP contribution in [0.4, 0.5) is 10.1 Å². The lowest BCUT2D eigenvalue weighted by atomic mass is 9.82. The van der Waals surface area contributed by atoms with Gasteiger partial charge in [-0.1, -0.05) is 0 Å². The van der Waals surface area contributed by atoms with Crippen molar-refractivity contribution >= 4 is 15.7 Å². The SMILES string of the molecule is CN(CC1CC(O)C1)S(=O)(=O)c1cc([N+](=O)[O-])ccc1F. The molecule has 1 saturated carbocycles. The smallest absolute Gasteiger partial charge is 0.270 e. The molecule has 0 saturated heterocycles. The number of hydrogen-bond donors (Lipinski definition) is 1. The van der Waals surface area contributed by atoms with E-state index in [-0.39, 0.29) is 12.5 Å². The Hall–Kier alpha value is -1.58. The van der Waals surface area contributed by atoms with Gasteiger partial charge in [-0.25, -0.2) is 17.1 Å². The Morgan fingerprint density at radius 2 is 2.10 bits per heavy atom. The summed E-state index contributed by atoms with van der Waals surface area (Å²) in [6, 6.07) is 2.40. The minimum atomic E-state index is -4.14. The maximum absolute atomic E-state index is 13.7. The van der Waals surface area contributed by atoms with Crippen LogP contribution in [0.2, 0.25) is 0 Å². The molecule has 0 heterocycles. The molecule has 116 valence electrons. The van der Waals surface area contributed by atoms with Crippen molar-refractivity contribution in [2.75, 3.05) is 13.6 Å². The molecule has 0 unspecified atom stereocenters. The number of nitro groups is 1. The minimum absolute atomic E-state index is 0.0153. The average molecular weight is 318 g/mol. The Labute approximate surface area is 121 Å². The third-order valence-corrected chi connectivity index (χ3v) is 5.38. The quantitative estimate of drug-likeness (QED) is 0.648. The molecule has 0 spiro atoms. The van der Waals surface area contributed by atoms with E-state index in [1.54, 1.807) is 0 Å². The van der Waals surface area contributed by atoms with Gasteiger partial charge >= 0.3 is 0 Å². The lowest BCUT2D eigenvalue weighted by molar-refractivity contribution is -0.385. The van der Waals surface area contributed by atoms with Crippen molar-refractivity contribution in [1.82, 2.24) is 4.31 Å². The molecule has 7 nitrogen and oxygen atoms in total. The van der Waals surface area contributed by atoms with Crippen LogP contribution in [-0.4, -0.2) is 42.4 Å². The summed E-state index contributed by atoms with van der Waals surface area (Å²) in [6.45, 7) is 0.140. The highest BCUT2D eigenvalue weighted by Crippen LogP contribution is 2.30. The summed E-state index contributed by atoms with van der Waals surface area (Å²) in [5.41, 5.74) is -0.484. The van der Waals surface area contributed by atoms with E-state index in [2.05, 4.69) is 0 Å². The van der Waals surface area contributed by atoms with Crippen molar-refractivity contribution in [2.45, 2.75) is 23.8 Å². The molecule has 1 N–H and O–H groups in total. The number of aliphatic hydroxyl groups excluding tert-OH is 1. The summed E-state index contributed by atoms with van der Waals surface area (Å²) in [5, 5.41) is 19.9. The van der Waals surface area contributed by atoms with Crippen LogP contribution in [0.5, 0.6) is 0 Å². The number of nitrogens with zero attached hydrogens (tertiary/aromatic N) is 2. The monoisotopic (exact) mass is 318 g/mol. The molecule has 1 aromatic rings. The molecule has 0 bridgehead atoms. The van der Waals surface area contributed by atoms with E-state index in [4.69, 9.17) is 0 Å². The van der Waals surface area contributed by atoms with Gasteiger partial charge in [-0.05, 0) is 24.8 Å². The Kier molecular flexibility index (Phi) is 4.26. The van der Waals surface area contributed by atoms with Gasteiger partial charge < -0.3 is 5.11 Å². The Balaban J connectivity index is 2.26. The van der Waals surface area contributed by atoms with Crippen LogP contribution in [0, 0.1) is 21.8 Å². The van der Waals surface area contributed by atoms with Gasteiger partial charge in [0, 0.05) is 25.7 Å². The Bertz CT molecular complexity index is 658. The molecule has 0 amide bonds. The van der Waals surface area contributed by atoms with Crippen molar-refractivity contribution in [3.8, 4) is 0 Å². The molecule has 1 fully saturated rings. The van der Waals surface area contributed by atoms with E-state index in [9.17, 15) is 28.0 Å². The standard InChI is InChI=1S/C12H15FN2O5S/c1-14(7-8-4-10(16)5-8)21(19,20)12-6-9(15(17)18)2-3-11(12)13/h2-3,6,8,10,16H,4-5,7H2,1H3. The number of halogens is 1. The van der Waals surface area contributed by atoms with Crippen molar-refractivity contribution in [3.63, 3.8) is 0 Å². The van der Waals surface area contributed by atoms with E-state index in [0.717, 1.165) is 22.5 Å². The van der Waals surface area contributed by atoms with Crippen molar-refractivity contribution in [3.05, 3.63) is 34.1 Å². The molecular formula is C12H15FN2O5S. The number of benzene rings is 1. The van der Waals surface area contributed by atoms with Crippen molar-refractivity contribution in [2.24, 2.45) is 5.92 Å². The molecule has 1 aliphatic carbocycles. The van der Waals surface area contributed by atoms with E-state index >= 15 is 0 Å². The average Bonchev–Trinajstić information content (AvgIpc) is 2.36. The lowest BCUT2D eigenvalue weighted by Crippen LogP contribution is -2.39. The molecule has 9 heteroatoms. The molecule has 21 heavy (non-hydrogen) atoms. The first-order valence-electron chi connectivity index (χ1n) is 6.30. The number of sulfonamides is 1. The number of non-ortho nitro benzene ring substituents is 1.